The molecule has 2 N–H and O–H groups in total. The predicted molar refractivity (Wildman–Crippen MR) is 84.8 cm³/mol. The lowest BCUT2D eigenvalue weighted by Crippen LogP contribution is -2.61. The van der Waals surface area contributed by atoms with Crippen LogP contribution in [0.4, 0.5) is 0 Å². The minimum atomic E-state index is 0.156. The van der Waals surface area contributed by atoms with Gasteiger partial charge in [-0.25, -0.2) is 0 Å². The second kappa shape index (κ2) is 6.76. The fourth-order valence-corrected chi connectivity index (χ4v) is 4.24. The van der Waals surface area contributed by atoms with Crippen LogP contribution in [0.1, 0.15) is 59.3 Å². The second-order valence-electron chi connectivity index (χ2n) is 7.48. The lowest BCUT2D eigenvalue weighted by atomic mass is 9.77. The molecule has 0 radical (unpaired) electrons. The van der Waals surface area contributed by atoms with Crippen LogP contribution in [0.2, 0.25) is 0 Å². The number of rotatable bonds is 4. The van der Waals surface area contributed by atoms with Crippen LogP contribution < -0.4 is 5.73 Å². The van der Waals surface area contributed by atoms with Gasteiger partial charge in [0.2, 0.25) is 0 Å². The van der Waals surface area contributed by atoms with Gasteiger partial charge in [0.15, 0.2) is 0 Å². The zero-order valence-corrected chi connectivity index (χ0v) is 13.9. The highest BCUT2D eigenvalue weighted by Crippen LogP contribution is 2.38. The lowest BCUT2D eigenvalue weighted by Gasteiger charge is -2.52. The smallest absolute Gasteiger partial charge is 0.0616 e. The highest BCUT2D eigenvalue weighted by atomic mass is 16.5. The number of nitrogens with zero attached hydrogens (tertiary/aromatic N) is 1. The van der Waals surface area contributed by atoms with Crippen LogP contribution in [0.3, 0.4) is 0 Å². The van der Waals surface area contributed by atoms with Crippen molar-refractivity contribution < 1.29 is 4.74 Å². The standard InChI is InChI=1S/C17H34N2O/c1-13(2)16-11-17(12-18,9-10-20-16)19(4)15-8-6-5-7-14(15)3/h13-16H,5-12,18H2,1-4H3. The molecule has 1 saturated heterocycles. The summed E-state index contributed by atoms with van der Waals surface area (Å²) in [7, 11) is 2.32. The van der Waals surface area contributed by atoms with Crippen molar-refractivity contribution in [3.05, 3.63) is 0 Å². The molecule has 0 aromatic rings. The summed E-state index contributed by atoms with van der Waals surface area (Å²) in [6.45, 7) is 8.58. The molecule has 2 aliphatic rings. The lowest BCUT2D eigenvalue weighted by molar-refractivity contribution is -0.0988. The number of nitrogens with two attached hydrogens (primary N) is 1. The highest BCUT2D eigenvalue weighted by molar-refractivity contribution is 4.99. The van der Waals surface area contributed by atoms with Crippen LogP contribution >= 0.6 is 0 Å². The first-order valence-electron chi connectivity index (χ1n) is 8.55. The average Bonchev–Trinajstić information content (AvgIpc) is 2.47. The normalized spacial score (nSPS) is 39.5. The zero-order chi connectivity index (χ0) is 14.8. The minimum absolute atomic E-state index is 0.156. The maximum Gasteiger partial charge on any atom is 0.0616 e. The topological polar surface area (TPSA) is 38.5 Å². The van der Waals surface area contributed by atoms with E-state index in [1.165, 1.54) is 25.7 Å². The molecule has 2 rings (SSSR count). The molecule has 118 valence electrons. The number of ether oxygens (including phenoxy) is 1. The first kappa shape index (κ1) is 16.3. The van der Waals surface area contributed by atoms with Gasteiger partial charge in [-0.2, -0.15) is 0 Å². The average molecular weight is 282 g/mol. The monoisotopic (exact) mass is 282 g/mol. The molecule has 4 atom stereocenters. The molecule has 0 amide bonds. The molecular formula is C17H34N2O. The number of hydrogen-bond donors (Lipinski definition) is 1. The molecular weight excluding hydrogens is 248 g/mol. The Morgan fingerprint density at radius 3 is 2.60 bits per heavy atom. The second-order valence-corrected chi connectivity index (χ2v) is 7.48. The number of hydrogen-bond acceptors (Lipinski definition) is 3. The van der Waals surface area contributed by atoms with Gasteiger partial charge in [-0.05, 0) is 44.6 Å². The van der Waals surface area contributed by atoms with Gasteiger partial charge in [0.05, 0.1) is 6.10 Å². The third-order valence-electron chi connectivity index (χ3n) is 5.92. The summed E-state index contributed by atoms with van der Waals surface area (Å²) in [5.41, 5.74) is 6.41. The fraction of sp³-hybridized carbons (Fsp3) is 1.00. The van der Waals surface area contributed by atoms with E-state index in [0.29, 0.717) is 18.1 Å². The molecule has 4 unspecified atom stereocenters. The zero-order valence-electron chi connectivity index (χ0n) is 13.9. The Morgan fingerprint density at radius 2 is 2.00 bits per heavy atom. The van der Waals surface area contributed by atoms with Crippen LogP contribution in [-0.2, 0) is 4.74 Å². The summed E-state index contributed by atoms with van der Waals surface area (Å²) in [5.74, 6) is 1.39. The summed E-state index contributed by atoms with van der Waals surface area (Å²) in [6.07, 6.45) is 8.05. The van der Waals surface area contributed by atoms with Gasteiger partial charge in [0, 0.05) is 24.7 Å². The molecule has 20 heavy (non-hydrogen) atoms. The number of likely N-dealkylation sites (N-methyl/N-ethyl adjacent to an activating group) is 1. The summed E-state index contributed by atoms with van der Waals surface area (Å²) >= 11 is 0. The molecule has 0 aromatic heterocycles. The van der Waals surface area contributed by atoms with Crippen molar-refractivity contribution in [3.8, 4) is 0 Å². The van der Waals surface area contributed by atoms with E-state index in [0.717, 1.165) is 31.9 Å². The molecule has 0 spiro atoms. The first-order chi connectivity index (χ1) is 9.50. The molecule has 3 heteroatoms. The Balaban J connectivity index is 2.12. The van der Waals surface area contributed by atoms with Crippen LogP contribution in [0.15, 0.2) is 0 Å². The van der Waals surface area contributed by atoms with Crippen molar-refractivity contribution in [1.82, 2.24) is 4.90 Å². The van der Waals surface area contributed by atoms with E-state index in [1.807, 2.05) is 0 Å². The van der Waals surface area contributed by atoms with Crippen molar-refractivity contribution in [2.45, 2.75) is 77.0 Å². The van der Waals surface area contributed by atoms with Gasteiger partial charge in [-0.15, -0.1) is 0 Å². The molecule has 1 saturated carbocycles. The predicted octanol–water partition coefficient (Wildman–Crippen LogP) is 3.03. The van der Waals surface area contributed by atoms with Crippen LogP contribution in [0.5, 0.6) is 0 Å². The van der Waals surface area contributed by atoms with Gasteiger partial charge in [-0.1, -0.05) is 33.6 Å². The summed E-state index contributed by atoms with van der Waals surface area (Å²) < 4.78 is 5.98. The van der Waals surface area contributed by atoms with E-state index < -0.39 is 0 Å². The van der Waals surface area contributed by atoms with E-state index in [9.17, 15) is 0 Å². The van der Waals surface area contributed by atoms with Crippen LogP contribution in [-0.4, -0.2) is 42.8 Å². The molecule has 1 aliphatic carbocycles. The largest absolute Gasteiger partial charge is 0.378 e. The van der Waals surface area contributed by atoms with Gasteiger partial charge in [0.1, 0.15) is 0 Å². The molecule has 1 heterocycles. The van der Waals surface area contributed by atoms with Gasteiger partial charge in [-0.3, -0.25) is 4.90 Å². The Hall–Kier alpha value is -0.120. The summed E-state index contributed by atoms with van der Waals surface area (Å²) in [4.78, 5) is 2.65. The van der Waals surface area contributed by atoms with Crippen molar-refractivity contribution >= 4 is 0 Å². The highest BCUT2D eigenvalue weighted by Gasteiger charge is 2.43. The maximum atomic E-state index is 6.26. The van der Waals surface area contributed by atoms with Crippen molar-refractivity contribution in [2.75, 3.05) is 20.2 Å². The summed E-state index contributed by atoms with van der Waals surface area (Å²) in [5, 5.41) is 0. The molecule has 2 fully saturated rings. The van der Waals surface area contributed by atoms with E-state index in [2.05, 4.69) is 32.7 Å². The van der Waals surface area contributed by atoms with Crippen molar-refractivity contribution in [2.24, 2.45) is 17.6 Å². The SMILES string of the molecule is CC(C)C1CC(CN)(N(C)C2CCCCC2C)CCO1. The van der Waals surface area contributed by atoms with Gasteiger partial charge in [0.25, 0.3) is 0 Å². The molecule has 0 bridgehead atoms. The third-order valence-corrected chi connectivity index (χ3v) is 5.92. The van der Waals surface area contributed by atoms with Gasteiger partial charge >= 0.3 is 0 Å². The maximum absolute atomic E-state index is 6.26. The van der Waals surface area contributed by atoms with E-state index in [1.54, 1.807) is 0 Å². The summed E-state index contributed by atoms with van der Waals surface area (Å²) in [6, 6.07) is 0.707. The van der Waals surface area contributed by atoms with Crippen LogP contribution in [0.25, 0.3) is 0 Å². The Morgan fingerprint density at radius 1 is 1.30 bits per heavy atom. The van der Waals surface area contributed by atoms with E-state index in [-0.39, 0.29) is 5.54 Å². The third kappa shape index (κ3) is 3.20. The fourth-order valence-electron chi connectivity index (χ4n) is 4.24. The molecule has 0 aromatic carbocycles. The van der Waals surface area contributed by atoms with Crippen molar-refractivity contribution in [1.29, 1.82) is 0 Å². The van der Waals surface area contributed by atoms with Crippen molar-refractivity contribution in [3.63, 3.8) is 0 Å². The Kier molecular flexibility index (Phi) is 5.49. The minimum Gasteiger partial charge on any atom is -0.378 e. The van der Waals surface area contributed by atoms with Gasteiger partial charge < -0.3 is 10.5 Å². The van der Waals surface area contributed by atoms with Crippen LogP contribution in [0, 0.1) is 11.8 Å². The van der Waals surface area contributed by atoms with E-state index in [4.69, 9.17) is 10.5 Å². The van der Waals surface area contributed by atoms with E-state index >= 15 is 0 Å². The first-order valence-corrected chi connectivity index (χ1v) is 8.55. The quantitative estimate of drug-likeness (QED) is 0.861. The Bertz CT molecular complexity index is 307. The Labute approximate surface area is 125 Å². The molecule has 3 nitrogen and oxygen atoms in total. The molecule has 1 aliphatic heterocycles.